The Bertz CT molecular complexity index is 931. The highest BCUT2D eigenvalue weighted by atomic mass is 35.5. The summed E-state index contributed by atoms with van der Waals surface area (Å²) in [6.07, 6.45) is -3.49. The molecule has 5 nitrogen and oxygen atoms in total. The van der Waals surface area contributed by atoms with Gasteiger partial charge in [-0.1, -0.05) is 23.9 Å². The molecule has 1 N–H and O–H groups in total. The van der Waals surface area contributed by atoms with Crippen LogP contribution in [-0.4, -0.2) is 80.5 Å². The Morgan fingerprint density at radius 3 is 2.17 bits per heavy atom. The molecule has 4 rings (SSSR count). The lowest BCUT2D eigenvalue weighted by molar-refractivity contribution is -0.137. The van der Waals surface area contributed by atoms with Crippen molar-refractivity contribution in [2.75, 3.05) is 70.5 Å². The monoisotopic (exact) mass is 553 g/mol. The van der Waals surface area contributed by atoms with E-state index >= 15 is 0 Å². The molecule has 1 fully saturated rings. The summed E-state index contributed by atoms with van der Waals surface area (Å²) in [5, 5.41) is 8.77. The Balaban J connectivity index is 0.00000216. The summed E-state index contributed by atoms with van der Waals surface area (Å²) in [5.74, 6) is 0. The van der Waals surface area contributed by atoms with Crippen molar-refractivity contribution in [2.45, 2.75) is 22.4 Å². The second kappa shape index (κ2) is 13.9. The number of hydrogen-bond donors (Lipinski definition) is 1. The van der Waals surface area contributed by atoms with E-state index in [0.29, 0.717) is 25.4 Å². The van der Waals surface area contributed by atoms with Crippen LogP contribution in [0.25, 0.3) is 0 Å². The fourth-order valence-electron chi connectivity index (χ4n) is 4.30. The highest BCUT2D eigenvalue weighted by Gasteiger charge is 2.33. The largest absolute Gasteiger partial charge is 0.416 e. The average Bonchev–Trinajstić information content (AvgIpc) is 2.81. The molecule has 0 bridgehead atoms. The third-order valence-electron chi connectivity index (χ3n) is 6.06. The number of fused-ring (bicyclic) bond motifs is 2. The third kappa shape index (κ3) is 7.89. The summed E-state index contributed by atoms with van der Waals surface area (Å²) in [6.45, 7) is 7.41. The van der Waals surface area contributed by atoms with E-state index in [0.717, 1.165) is 61.2 Å². The maximum atomic E-state index is 13.4. The molecule has 0 aromatic heterocycles. The Kier molecular flexibility index (Phi) is 11.9. The molecular formula is C24H32Cl2F3N3O2S. The number of aliphatic hydroxyl groups excluding tert-OH is 1. The average molecular weight is 555 g/mol. The van der Waals surface area contributed by atoms with E-state index in [9.17, 15) is 13.2 Å². The first-order valence-corrected chi connectivity index (χ1v) is 12.2. The summed E-state index contributed by atoms with van der Waals surface area (Å²) in [4.78, 5) is 8.76. The van der Waals surface area contributed by atoms with Gasteiger partial charge in [-0.25, -0.2) is 0 Å². The van der Waals surface area contributed by atoms with E-state index < -0.39 is 11.7 Å². The van der Waals surface area contributed by atoms with Gasteiger partial charge in [0.2, 0.25) is 0 Å². The molecule has 11 heteroatoms. The lowest BCUT2D eigenvalue weighted by Gasteiger charge is -2.36. The summed E-state index contributed by atoms with van der Waals surface area (Å²) in [5.41, 5.74) is 1.01. The Labute approximate surface area is 221 Å². The van der Waals surface area contributed by atoms with Gasteiger partial charge in [-0.2, -0.15) is 13.2 Å². The van der Waals surface area contributed by atoms with Crippen molar-refractivity contribution in [1.82, 2.24) is 9.80 Å². The molecule has 2 aromatic carbocycles. The number of rotatable bonds is 9. The highest BCUT2D eigenvalue weighted by Crippen LogP contribution is 2.49. The van der Waals surface area contributed by atoms with Crippen molar-refractivity contribution in [1.29, 1.82) is 0 Å². The van der Waals surface area contributed by atoms with E-state index in [4.69, 9.17) is 9.84 Å². The molecule has 0 amide bonds. The quantitative estimate of drug-likeness (QED) is 0.432. The van der Waals surface area contributed by atoms with Gasteiger partial charge in [-0.3, -0.25) is 4.90 Å². The molecule has 0 atom stereocenters. The summed E-state index contributed by atoms with van der Waals surface area (Å²) in [7, 11) is 0. The van der Waals surface area contributed by atoms with Gasteiger partial charge >= 0.3 is 6.18 Å². The molecule has 196 valence electrons. The number of benzene rings is 2. The number of piperazine rings is 1. The Hall–Kier alpha value is -1.20. The fourth-order valence-corrected chi connectivity index (χ4v) is 5.37. The van der Waals surface area contributed by atoms with E-state index in [1.807, 2.05) is 29.2 Å². The molecule has 0 aliphatic carbocycles. The molecule has 0 saturated carbocycles. The molecule has 2 heterocycles. The number of ether oxygens (including phenoxy) is 1. The predicted molar refractivity (Wildman–Crippen MR) is 139 cm³/mol. The zero-order valence-electron chi connectivity index (χ0n) is 19.4. The lowest BCUT2D eigenvalue weighted by Crippen LogP contribution is -2.47. The van der Waals surface area contributed by atoms with Crippen molar-refractivity contribution in [3.05, 3.63) is 48.0 Å². The minimum atomic E-state index is -4.36. The highest BCUT2D eigenvalue weighted by molar-refractivity contribution is 7.99. The second-order valence-corrected chi connectivity index (χ2v) is 9.36. The number of aliphatic hydroxyl groups is 1. The van der Waals surface area contributed by atoms with Crippen LogP contribution in [0.5, 0.6) is 0 Å². The van der Waals surface area contributed by atoms with Gasteiger partial charge in [0.15, 0.2) is 0 Å². The normalized spacial score (nSPS) is 16.2. The molecule has 1 saturated heterocycles. The first kappa shape index (κ1) is 30.0. The van der Waals surface area contributed by atoms with Crippen LogP contribution in [0, 0.1) is 0 Å². The first-order valence-electron chi connectivity index (χ1n) is 11.3. The zero-order chi connectivity index (χ0) is 23.3. The van der Waals surface area contributed by atoms with Crippen LogP contribution in [0.3, 0.4) is 0 Å². The molecule has 2 aliphatic heterocycles. The Morgan fingerprint density at radius 2 is 1.49 bits per heavy atom. The van der Waals surface area contributed by atoms with Crippen molar-refractivity contribution < 1.29 is 23.0 Å². The maximum absolute atomic E-state index is 13.4. The number of alkyl halides is 3. The lowest BCUT2D eigenvalue weighted by atomic mass is 10.1. The minimum absolute atomic E-state index is 0. The fraction of sp³-hybridized carbons (Fsp3) is 0.500. The van der Waals surface area contributed by atoms with Crippen LogP contribution in [0.1, 0.15) is 12.0 Å². The topological polar surface area (TPSA) is 39.2 Å². The minimum Gasteiger partial charge on any atom is -0.394 e. The summed E-state index contributed by atoms with van der Waals surface area (Å²) >= 11 is 1.53. The van der Waals surface area contributed by atoms with E-state index in [2.05, 4.69) is 9.80 Å². The van der Waals surface area contributed by atoms with E-state index in [1.54, 1.807) is 6.07 Å². The van der Waals surface area contributed by atoms with Gasteiger partial charge in [0, 0.05) is 49.1 Å². The summed E-state index contributed by atoms with van der Waals surface area (Å²) < 4.78 is 45.5. The number of hydrogen-bond acceptors (Lipinski definition) is 6. The number of halogens is 5. The standard InChI is InChI=1S/C24H30F3N3O2S.2ClH/c25-24(26,27)19-6-7-23-21(18-19)30(20-4-1-2-5-22(20)33-23)9-3-8-28-10-12-29(13-11-28)14-16-32-17-15-31;;/h1-2,4-7,18,31H,3,8-17H2;2*1H. The van der Waals surface area contributed by atoms with Gasteiger partial charge < -0.3 is 19.6 Å². The smallest absolute Gasteiger partial charge is 0.394 e. The maximum Gasteiger partial charge on any atom is 0.416 e. The molecule has 0 spiro atoms. The molecule has 0 unspecified atom stereocenters. The van der Waals surface area contributed by atoms with Gasteiger partial charge in [0.25, 0.3) is 0 Å². The van der Waals surface area contributed by atoms with Crippen molar-refractivity contribution in [3.8, 4) is 0 Å². The third-order valence-corrected chi connectivity index (χ3v) is 7.19. The number of para-hydroxylation sites is 1. The first-order chi connectivity index (χ1) is 16.0. The number of nitrogens with zero attached hydrogens (tertiary/aromatic N) is 3. The molecule has 0 radical (unpaired) electrons. The Morgan fingerprint density at radius 1 is 0.829 bits per heavy atom. The van der Waals surface area contributed by atoms with Crippen molar-refractivity contribution in [2.24, 2.45) is 0 Å². The van der Waals surface area contributed by atoms with Crippen LogP contribution in [0.4, 0.5) is 24.5 Å². The molecule has 2 aliphatic rings. The number of anilines is 2. The van der Waals surface area contributed by atoms with Crippen LogP contribution in [0.2, 0.25) is 0 Å². The molecular weight excluding hydrogens is 522 g/mol. The SMILES string of the molecule is Cl.Cl.OCCOCCN1CCN(CCCN2c3ccccc3Sc3ccc(C(F)(F)F)cc32)CC1. The van der Waals surface area contributed by atoms with Gasteiger partial charge in [-0.15, -0.1) is 24.8 Å². The van der Waals surface area contributed by atoms with Crippen molar-refractivity contribution in [3.63, 3.8) is 0 Å². The predicted octanol–water partition coefficient (Wildman–Crippen LogP) is 5.17. The van der Waals surface area contributed by atoms with Crippen LogP contribution < -0.4 is 4.90 Å². The molecule has 2 aromatic rings. The van der Waals surface area contributed by atoms with Gasteiger partial charge in [0.1, 0.15) is 0 Å². The van der Waals surface area contributed by atoms with Crippen molar-refractivity contribution >= 4 is 48.0 Å². The van der Waals surface area contributed by atoms with E-state index in [-0.39, 0.29) is 31.4 Å². The second-order valence-electron chi connectivity index (χ2n) is 8.27. The van der Waals surface area contributed by atoms with Gasteiger partial charge in [0.05, 0.1) is 36.8 Å². The molecule has 35 heavy (non-hydrogen) atoms. The van der Waals surface area contributed by atoms with Gasteiger partial charge in [-0.05, 0) is 43.3 Å². The van der Waals surface area contributed by atoms with Crippen LogP contribution in [0.15, 0.2) is 52.3 Å². The van der Waals surface area contributed by atoms with E-state index in [1.165, 1.54) is 23.9 Å². The van der Waals surface area contributed by atoms with Crippen LogP contribution >= 0.6 is 36.6 Å². The van der Waals surface area contributed by atoms with Crippen LogP contribution in [-0.2, 0) is 10.9 Å². The summed E-state index contributed by atoms with van der Waals surface area (Å²) in [6, 6.07) is 12.0. The zero-order valence-corrected chi connectivity index (χ0v) is 21.8.